The van der Waals surface area contributed by atoms with Crippen LogP contribution in [0.25, 0.3) is 11.3 Å². The van der Waals surface area contributed by atoms with E-state index in [0.29, 0.717) is 48.0 Å². The van der Waals surface area contributed by atoms with Crippen LogP contribution < -0.4 is 15.5 Å². The fraction of sp³-hybridized carbons (Fsp3) is 0.333. The van der Waals surface area contributed by atoms with Crippen molar-refractivity contribution in [3.63, 3.8) is 0 Å². The van der Waals surface area contributed by atoms with Gasteiger partial charge in [0.1, 0.15) is 23.3 Å². The summed E-state index contributed by atoms with van der Waals surface area (Å²) in [4.78, 5) is 11.2. The quantitative estimate of drug-likeness (QED) is 0.541. The van der Waals surface area contributed by atoms with Crippen molar-refractivity contribution >= 4 is 17.3 Å². The van der Waals surface area contributed by atoms with E-state index in [1.807, 2.05) is 37.2 Å². The van der Waals surface area contributed by atoms with Crippen LogP contribution in [-0.4, -0.2) is 71.5 Å². The first-order chi connectivity index (χ1) is 17.4. The number of benzene rings is 1. The maximum absolute atomic E-state index is 10.3. The molecule has 1 aromatic carbocycles. The molecule has 1 saturated heterocycles. The zero-order chi connectivity index (χ0) is 25.7. The zero-order valence-corrected chi connectivity index (χ0v) is 20.8. The highest BCUT2D eigenvalue weighted by Crippen LogP contribution is 2.32. The predicted octanol–water partition coefficient (Wildman–Crippen LogP) is 2.72. The van der Waals surface area contributed by atoms with Crippen LogP contribution in [0, 0.1) is 23.2 Å². The number of aromatic nitrogens is 3. The molecule has 9 heteroatoms. The molecule has 0 unspecified atom stereocenters. The van der Waals surface area contributed by atoms with Gasteiger partial charge in [-0.05, 0) is 63.7 Å². The number of rotatable bonds is 4. The second kappa shape index (κ2) is 10.9. The maximum atomic E-state index is 10.3. The van der Waals surface area contributed by atoms with Gasteiger partial charge in [0.15, 0.2) is 5.82 Å². The molecule has 9 nitrogen and oxygen atoms in total. The van der Waals surface area contributed by atoms with E-state index in [1.54, 1.807) is 24.3 Å². The highest BCUT2D eigenvalue weighted by molar-refractivity contribution is 5.74. The standard InChI is InChI=1S/C27H30N8O/c1-19-12-14-34(24-17-23(31-32-27(24)29)21-7-4-5-9-25(21)36)15-16-35(19)26-11-10-20(18-28)22(30-26)8-6-13-33(2)3/h4-5,7,9-11,17,19,36H,12-16H2,1-3H3,(H2,29,32)/t19-/m1/s1. The Balaban J connectivity index is 1.59. The third-order valence-electron chi connectivity index (χ3n) is 6.18. The van der Waals surface area contributed by atoms with Crippen molar-refractivity contribution in [1.82, 2.24) is 20.1 Å². The largest absolute Gasteiger partial charge is 0.507 e. The minimum atomic E-state index is 0.148. The van der Waals surface area contributed by atoms with Gasteiger partial charge in [0.2, 0.25) is 0 Å². The Hall–Kier alpha value is -4.34. The normalized spacial score (nSPS) is 15.7. The fourth-order valence-electron chi connectivity index (χ4n) is 4.18. The molecule has 0 saturated carbocycles. The van der Waals surface area contributed by atoms with E-state index < -0.39 is 0 Å². The zero-order valence-electron chi connectivity index (χ0n) is 20.8. The number of anilines is 3. The number of hydrogen-bond acceptors (Lipinski definition) is 9. The van der Waals surface area contributed by atoms with Crippen molar-refractivity contribution in [1.29, 1.82) is 5.26 Å². The number of nitrogens with zero attached hydrogens (tertiary/aromatic N) is 7. The first-order valence-corrected chi connectivity index (χ1v) is 11.8. The van der Waals surface area contributed by atoms with Gasteiger partial charge in [-0.15, -0.1) is 10.2 Å². The minimum Gasteiger partial charge on any atom is -0.507 e. The van der Waals surface area contributed by atoms with Crippen molar-refractivity contribution in [2.24, 2.45) is 0 Å². The Bertz CT molecular complexity index is 1340. The molecule has 184 valence electrons. The van der Waals surface area contributed by atoms with Gasteiger partial charge in [0, 0.05) is 31.2 Å². The molecule has 0 radical (unpaired) electrons. The summed E-state index contributed by atoms with van der Waals surface area (Å²) < 4.78 is 0. The summed E-state index contributed by atoms with van der Waals surface area (Å²) in [7, 11) is 3.90. The van der Waals surface area contributed by atoms with Crippen LogP contribution >= 0.6 is 0 Å². The van der Waals surface area contributed by atoms with E-state index in [2.05, 4.69) is 44.8 Å². The summed E-state index contributed by atoms with van der Waals surface area (Å²) in [5.41, 5.74) is 9.18. The average Bonchev–Trinajstić information content (AvgIpc) is 3.06. The van der Waals surface area contributed by atoms with Gasteiger partial charge in [-0.25, -0.2) is 4.98 Å². The van der Waals surface area contributed by atoms with Crippen molar-refractivity contribution in [2.75, 3.05) is 55.8 Å². The van der Waals surface area contributed by atoms with E-state index in [4.69, 9.17) is 10.7 Å². The molecule has 4 rings (SSSR count). The van der Waals surface area contributed by atoms with Gasteiger partial charge in [-0.1, -0.05) is 18.1 Å². The van der Waals surface area contributed by atoms with Crippen LogP contribution in [-0.2, 0) is 0 Å². The van der Waals surface area contributed by atoms with Crippen molar-refractivity contribution in [2.45, 2.75) is 19.4 Å². The van der Waals surface area contributed by atoms with E-state index in [-0.39, 0.29) is 11.8 Å². The highest BCUT2D eigenvalue weighted by atomic mass is 16.3. The molecule has 1 aliphatic heterocycles. The molecule has 2 aromatic heterocycles. The monoisotopic (exact) mass is 482 g/mol. The summed E-state index contributed by atoms with van der Waals surface area (Å²) >= 11 is 0. The SMILES string of the molecule is C[C@@H]1CCN(c2cc(-c3ccccc3O)nnc2N)CCN1c1ccc(C#N)c(C#CCN(C)C)n1. The third-order valence-corrected chi connectivity index (χ3v) is 6.18. The van der Waals surface area contributed by atoms with Crippen molar-refractivity contribution < 1.29 is 5.11 Å². The maximum Gasteiger partial charge on any atom is 0.169 e. The van der Waals surface area contributed by atoms with Gasteiger partial charge in [0.05, 0.1) is 23.5 Å². The number of phenols is 1. The molecule has 36 heavy (non-hydrogen) atoms. The number of nitriles is 1. The molecule has 0 amide bonds. The fourth-order valence-corrected chi connectivity index (χ4v) is 4.18. The Kier molecular flexibility index (Phi) is 7.53. The lowest BCUT2D eigenvalue weighted by molar-refractivity contribution is 0.464. The number of nitrogens with two attached hydrogens (primary N) is 1. The highest BCUT2D eigenvalue weighted by Gasteiger charge is 2.24. The van der Waals surface area contributed by atoms with Crippen LogP contribution in [0.5, 0.6) is 5.75 Å². The molecule has 3 heterocycles. The van der Waals surface area contributed by atoms with E-state index in [0.717, 1.165) is 24.5 Å². The lowest BCUT2D eigenvalue weighted by atomic mass is 10.1. The van der Waals surface area contributed by atoms with Gasteiger partial charge in [-0.3, -0.25) is 4.90 Å². The van der Waals surface area contributed by atoms with Crippen molar-refractivity contribution in [3.8, 4) is 34.9 Å². The lowest BCUT2D eigenvalue weighted by Crippen LogP contribution is -2.35. The second-order valence-electron chi connectivity index (χ2n) is 9.05. The number of pyridine rings is 1. The van der Waals surface area contributed by atoms with E-state index in [9.17, 15) is 10.4 Å². The summed E-state index contributed by atoms with van der Waals surface area (Å²) in [6.07, 6.45) is 0.872. The Morgan fingerprint density at radius 2 is 1.94 bits per heavy atom. The van der Waals surface area contributed by atoms with E-state index in [1.165, 1.54) is 0 Å². The van der Waals surface area contributed by atoms with Crippen molar-refractivity contribution in [3.05, 3.63) is 53.7 Å². The molecular weight excluding hydrogens is 452 g/mol. The van der Waals surface area contributed by atoms with Crippen LogP contribution in [0.4, 0.5) is 17.3 Å². The molecule has 1 aliphatic rings. The average molecular weight is 483 g/mol. The molecule has 3 aromatic rings. The Labute approximate surface area is 211 Å². The molecule has 1 atom stereocenters. The first-order valence-electron chi connectivity index (χ1n) is 11.8. The lowest BCUT2D eigenvalue weighted by Gasteiger charge is -2.28. The number of hydrogen-bond donors (Lipinski definition) is 2. The van der Waals surface area contributed by atoms with Crippen LogP contribution in [0.15, 0.2) is 42.5 Å². The topological polar surface area (TPSA) is 118 Å². The number of phenolic OH excluding ortho intramolecular Hbond substituents is 1. The number of para-hydroxylation sites is 1. The summed E-state index contributed by atoms with van der Waals surface area (Å²) in [5.74, 6) is 7.44. The van der Waals surface area contributed by atoms with Gasteiger partial charge < -0.3 is 20.6 Å². The molecule has 0 aliphatic carbocycles. The smallest absolute Gasteiger partial charge is 0.169 e. The minimum absolute atomic E-state index is 0.148. The van der Waals surface area contributed by atoms with Gasteiger partial charge >= 0.3 is 0 Å². The first kappa shape index (κ1) is 24.8. The van der Waals surface area contributed by atoms with Crippen LogP contribution in [0.1, 0.15) is 24.6 Å². The Morgan fingerprint density at radius 3 is 2.69 bits per heavy atom. The third kappa shape index (κ3) is 5.48. The summed E-state index contributed by atoms with van der Waals surface area (Å²) in [5, 5.41) is 28.1. The molecule has 3 N–H and O–H groups in total. The van der Waals surface area contributed by atoms with Gasteiger partial charge in [-0.2, -0.15) is 5.26 Å². The number of aromatic hydroxyl groups is 1. The van der Waals surface area contributed by atoms with Gasteiger partial charge in [0.25, 0.3) is 0 Å². The predicted molar refractivity (Wildman–Crippen MR) is 142 cm³/mol. The van der Waals surface area contributed by atoms with Crippen LogP contribution in [0.3, 0.4) is 0 Å². The number of nitrogen functional groups attached to an aromatic ring is 1. The summed E-state index contributed by atoms with van der Waals surface area (Å²) in [6.45, 7) is 4.94. The van der Waals surface area contributed by atoms with E-state index >= 15 is 0 Å². The molecule has 0 bridgehead atoms. The molecule has 1 fully saturated rings. The molecule has 0 spiro atoms. The van der Waals surface area contributed by atoms with Crippen LogP contribution in [0.2, 0.25) is 0 Å². The Morgan fingerprint density at radius 1 is 1.14 bits per heavy atom. The molecular formula is C27H30N8O. The second-order valence-corrected chi connectivity index (χ2v) is 9.05. The summed E-state index contributed by atoms with van der Waals surface area (Å²) in [6, 6.07) is 15.0.